The topological polar surface area (TPSA) is 58.4 Å². The minimum Gasteiger partial charge on any atom is -0.368 e. The lowest BCUT2D eigenvalue weighted by atomic mass is 9.88. The molecule has 6 heteroatoms. The van der Waals surface area contributed by atoms with Gasteiger partial charge in [-0.3, -0.25) is 9.69 Å². The summed E-state index contributed by atoms with van der Waals surface area (Å²) in [6.07, 6.45) is 0. The first-order valence-electron chi connectivity index (χ1n) is 6.17. The lowest BCUT2D eigenvalue weighted by Crippen LogP contribution is -2.58. The molecule has 3 N–H and O–H groups in total. The maximum absolute atomic E-state index is 14.2. The maximum Gasteiger partial charge on any atom is 0.242 e. The molecule has 1 aromatic carbocycles. The number of piperazine rings is 1. The molecule has 19 heavy (non-hydrogen) atoms. The van der Waals surface area contributed by atoms with Crippen molar-refractivity contribution in [2.24, 2.45) is 5.73 Å². The van der Waals surface area contributed by atoms with Crippen LogP contribution in [0.25, 0.3) is 0 Å². The molecule has 1 fully saturated rings. The van der Waals surface area contributed by atoms with E-state index in [4.69, 9.17) is 5.73 Å². The predicted molar refractivity (Wildman–Crippen MR) is 75.1 cm³/mol. The first-order chi connectivity index (χ1) is 8.96. The van der Waals surface area contributed by atoms with Crippen molar-refractivity contribution in [2.75, 3.05) is 26.2 Å². The van der Waals surface area contributed by atoms with Crippen molar-refractivity contribution in [3.05, 3.63) is 34.1 Å². The number of nitrogens with one attached hydrogen (secondary N) is 1. The van der Waals surface area contributed by atoms with Gasteiger partial charge in [0.1, 0.15) is 11.4 Å². The molecule has 0 spiro atoms. The third kappa shape index (κ3) is 2.66. The van der Waals surface area contributed by atoms with Crippen LogP contribution in [0.1, 0.15) is 12.5 Å². The highest BCUT2D eigenvalue weighted by atomic mass is 79.9. The molecular weight excluding hydrogens is 313 g/mol. The molecule has 1 amide bonds. The molecule has 0 saturated carbocycles. The van der Waals surface area contributed by atoms with Gasteiger partial charge in [-0.2, -0.15) is 0 Å². The Labute approximate surface area is 120 Å². The van der Waals surface area contributed by atoms with E-state index in [9.17, 15) is 9.18 Å². The van der Waals surface area contributed by atoms with Gasteiger partial charge in [0.2, 0.25) is 5.91 Å². The van der Waals surface area contributed by atoms with Gasteiger partial charge in [-0.05, 0) is 19.1 Å². The van der Waals surface area contributed by atoms with Gasteiger partial charge in [0.05, 0.1) is 0 Å². The van der Waals surface area contributed by atoms with Gasteiger partial charge in [0, 0.05) is 36.2 Å². The Morgan fingerprint density at radius 1 is 1.47 bits per heavy atom. The van der Waals surface area contributed by atoms with Gasteiger partial charge in [-0.15, -0.1) is 0 Å². The van der Waals surface area contributed by atoms with Crippen molar-refractivity contribution in [3.8, 4) is 0 Å². The van der Waals surface area contributed by atoms with Crippen LogP contribution in [0.15, 0.2) is 22.7 Å². The SMILES string of the molecule is CC(C(N)=O)(c1ccc(Br)cc1F)N1CCNCC1. The number of nitrogens with two attached hydrogens (primary N) is 1. The molecule has 104 valence electrons. The van der Waals surface area contributed by atoms with Crippen molar-refractivity contribution in [3.63, 3.8) is 0 Å². The van der Waals surface area contributed by atoms with E-state index in [1.165, 1.54) is 6.07 Å². The highest BCUT2D eigenvalue weighted by Crippen LogP contribution is 2.31. The lowest BCUT2D eigenvalue weighted by Gasteiger charge is -2.41. The quantitative estimate of drug-likeness (QED) is 0.875. The average Bonchev–Trinajstić information content (AvgIpc) is 2.38. The van der Waals surface area contributed by atoms with Crippen molar-refractivity contribution in [2.45, 2.75) is 12.5 Å². The molecule has 0 aromatic heterocycles. The zero-order chi connectivity index (χ0) is 14.0. The standard InChI is InChI=1S/C13H17BrFN3O/c1-13(12(16)19,18-6-4-17-5-7-18)10-3-2-9(14)8-11(10)15/h2-3,8,17H,4-7H2,1H3,(H2,16,19). The molecule has 4 nitrogen and oxygen atoms in total. The summed E-state index contributed by atoms with van der Waals surface area (Å²) in [5, 5.41) is 3.21. The van der Waals surface area contributed by atoms with Crippen LogP contribution in [0.2, 0.25) is 0 Å². The summed E-state index contributed by atoms with van der Waals surface area (Å²) in [6.45, 7) is 4.54. The van der Waals surface area contributed by atoms with Gasteiger partial charge >= 0.3 is 0 Å². The third-order valence-corrected chi connectivity index (χ3v) is 4.18. The van der Waals surface area contributed by atoms with E-state index < -0.39 is 17.3 Å². The molecule has 0 aliphatic carbocycles. The number of hydrogen-bond acceptors (Lipinski definition) is 3. The first-order valence-corrected chi connectivity index (χ1v) is 6.96. The Kier molecular flexibility index (Phi) is 4.23. The van der Waals surface area contributed by atoms with Gasteiger partial charge in [0.15, 0.2) is 0 Å². The number of halogens is 2. The Balaban J connectivity index is 2.46. The van der Waals surface area contributed by atoms with Crippen LogP contribution in [0.4, 0.5) is 4.39 Å². The lowest BCUT2D eigenvalue weighted by molar-refractivity contribution is -0.130. The molecule has 0 radical (unpaired) electrons. The van der Waals surface area contributed by atoms with Crippen LogP contribution in [-0.4, -0.2) is 37.0 Å². The monoisotopic (exact) mass is 329 g/mol. The molecular formula is C13H17BrFN3O. The molecule has 1 unspecified atom stereocenters. The second-order valence-electron chi connectivity index (χ2n) is 4.80. The van der Waals surface area contributed by atoms with E-state index in [0.29, 0.717) is 23.1 Å². The summed E-state index contributed by atoms with van der Waals surface area (Å²) in [6, 6.07) is 4.70. The van der Waals surface area contributed by atoms with E-state index >= 15 is 0 Å². The zero-order valence-electron chi connectivity index (χ0n) is 10.7. The Hall–Kier alpha value is -0.980. The van der Waals surface area contributed by atoms with Crippen LogP contribution < -0.4 is 11.1 Å². The Morgan fingerprint density at radius 2 is 2.11 bits per heavy atom. The van der Waals surface area contributed by atoms with Crippen molar-refractivity contribution in [1.29, 1.82) is 0 Å². The number of rotatable bonds is 3. The zero-order valence-corrected chi connectivity index (χ0v) is 12.3. The van der Waals surface area contributed by atoms with Crippen LogP contribution in [0.5, 0.6) is 0 Å². The summed E-state index contributed by atoms with van der Waals surface area (Å²) in [7, 11) is 0. The largest absolute Gasteiger partial charge is 0.368 e. The van der Waals surface area contributed by atoms with E-state index in [1.54, 1.807) is 19.1 Å². The van der Waals surface area contributed by atoms with Crippen molar-refractivity contribution < 1.29 is 9.18 Å². The number of primary amides is 1. The Morgan fingerprint density at radius 3 is 2.63 bits per heavy atom. The van der Waals surface area contributed by atoms with Gasteiger partial charge < -0.3 is 11.1 Å². The van der Waals surface area contributed by atoms with Crippen molar-refractivity contribution >= 4 is 21.8 Å². The fourth-order valence-electron chi connectivity index (χ4n) is 2.46. The van der Waals surface area contributed by atoms with Crippen LogP contribution >= 0.6 is 15.9 Å². The maximum atomic E-state index is 14.2. The summed E-state index contributed by atoms with van der Waals surface area (Å²) >= 11 is 3.22. The molecule has 1 heterocycles. The molecule has 1 aromatic rings. The number of hydrogen-bond donors (Lipinski definition) is 2. The van der Waals surface area contributed by atoms with Gasteiger partial charge in [0.25, 0.3) is 0 Å². The van der Waals surface area contributed by atoms with Crippen LogP contribution in [0, 0.1) is 5.82 Å². The fraction of sp³-hybridized carbons (Fsp3) is 0.462. The average molecular weight is 330 g/mol. The molecule has 2 rings (SSSR count). The highest BCUT2D eigenvalue weighted by molar-refractivity contribution is 9.10. The summed E-state index contributed by atoms with van der Waals surface area (Å²) in [4.78, 5) is 13.9. The number of carbonyl (C=O) groups is 1. The smallest absolute Gasteiger partial charge is 0.242 e. The predicted octanol–water partition coefficient (Wildman–Crippen LogP) is 1.19. The highest BCUT2D eigenvalue weighted by Gasteiger charge is 2.41. The fourth-order valence-corrected chi connectivity index (χ4v) is 2.79. The van der Waals surface area contributed by atoms with E-state index in [-0.39, 0.29) is 0 Å². The summed E-state index contributed by atoms with van der Waals surface area (Å²) in [5.41, 5.74) is 4.77. The third-order valence-electron chi connectivity index (χ3n) is 3.68. The molecule has 1 aliphatic rings. The van der Waals surface area contributed by atoms with Gasteiger partial charge in [-0.25, -0.2) is 4.39 Å². The second-order valence-corrected chi connectivity index (χ2v) is 5.71. The minimum atomic E-state index is -1.12. The second kappa shape index (κ2) is 5.56. The Bertz CT molecular complexity index is 491. The number of amides is 1. The van der Waals surface area contributed by atoms with E-state index in [0.717, 1.165) is 13.1 Å². The van der Waals surface area contributed by atoms with Crippen LogP contribution in [-0.2, 0) is 10.3 Å². The van der Waals surface area contributed by atoms with E-state index in [1.807, 2.05) is 4.90 Å². The molecule has 1 aliphatic heterocycles. The number of carbonyl (C=O) groups excluding carboxylic acids is 1. The normalized spacial score (nSPS) is 19.9. The summed E-state index contributed by atoms with van der Waals surface area (Å²) in [5.74, 6) is -0.954. The summed E-state index contributed by atoms with van der Waals surface area (Å²) < 4.78 is 14.8. The minimum absolute atomic E-state index is 0.324. The van der Waals surface area contributed by atoms with E-state index in [2.05, 4.69) is 21.2 Å². The number of benzene rings is 1. The van der Waals surface area contributed by atoms with Crippen molar-refractivity contribution in [1.82, 2.24) is 10.2 Å². The molecule has 1 saturated heterocycles. The number of nitrogens with zero attached hydrogens (tertiary/aromatic N) is 1. The molecule has 0 bridgehead atoms. The first kappa shape index (κ1) is 14.4. The van der Waals surface area contributed by atoms with Crippen LogP contribution in [0.3, 0.4) is 0 Å². The molecule has 1 atom stereocenters. The van der Waals surface area contributed by atoms with Gasteiger partial charge in [-0.1, -0.05) is 22.0 Å².